The van der Waals surface area contributed by atoms with Crippen LogP contribution in [0.4, 0.5) is 5.69 Å². The summed E-state index contributed by atoms with van der Waals surface area (Å²) in [6, 6.07) is 12.8. The van der Waals surface area contributed by atoms with Gasteiger partial charge in [-0.25, -0.2) is 0 Å². The number of nitrogens with zero attached hydrogens (tertiary/aromatic N) is 1. The van der Waals surface area contributed by atoms with Gasteiger partial charge in [-0.3, -0.25) is 4.98 Å². The average Bonchev–Trinajstić information content (AvgIpc) is 2.45. The summed E-state index contributed by atoms with van der Waals surface area (Å²) in [4.78, 5) is 4.35. The van der Waals surface area contributed by atoms with E-state index in [4.69, 9.17) is 0 Å². The second kappa shape index (κ2) is 6.56. The van der Waals surface area contributed by atoms with E-state index >= 15 is 0 Å². The fourth-order valence-corrected chi connectivity index (χ4v) is 2.27. The average molecular weight is 268 g/mol. The summed E-state index contributed by atoms with van der Waals surface area (Å²) < 4.78 is 0. The van der Waals surface area contributed by atoms with Crippen LogP contribution in [-0.2, 0) is 6.54 Å². The molecule has 0 atom stereocenters. The maximum atomic E-state index is 4.35. The van der Waals surface area contributed by atoms with Crippen molar-refractivity contribution in [1.82, 2.24) is 4.98 Å². The van der Waals surface area contributed by atoms with E-state index in [2.05, 4.69) is 56.2 Å². The first-order chi connectivity index (χ1) is 9.58. The zero-order valence-electron chi connectivity index (χ0n) is 12.9. The largest absolute Gasteiger partial charge is 0.379 e. The molecule has 2 nitrogen and oxygen atoms in total. The van der Waals surface area contributed by atoms with Gasteiger partial charge < -0.3 is 5.32 Å². The summed E-state index contributed by atoms with van der Waals surface area (Å²) in [7, 11) is 0. The summed E-state index contributed by atoms with van der Waals surface area (Å²) in [5.74, 6) is 1.08. The molecule has 1 aromatic heterocycles. The van der Waals surface area contributed by atoms with Crippen molar-refractivity contribution in [3.63, 3.8) is 0 Å². The van der Waals surface area contributed by atoms with E-state index < -0.39 is 0 Å². The zero-order chi connectivity index (χ0) is 14.5. The lowest BCUT2D eigenvalue weighted by Gasteiger charge is -2.17. The van der Waals surface area contributed by atoms with E-state index in [9.17, 15) is 0 Å². The quantitative estimate of drug-likeness (QED) is 0.830. The minimum absolute atomic E-state index is 0.514. The molecule has 0 radical (unpaired) electrons. The zero-order valence-corrected chi connectivity index (χ0v) is 12.9. The number of pyridine rings is 1. The topological polar surface area (TPSA) is 24.9 Å². The number of hydrogen-bond donors (Lipinski definition) is 1. The van der Waals surface area contributed by atoms with E-state index in [-0.39, 0.29) is 0 Å². The lowest BCUT2D eigenvalue weighted by atomic mass is 9.94. The minimum Gasteiger partial charge on any atom is -0.379 e. The monoisotopic (exact) mass is 268 g/mol. The normalized spacial score (nSPS) is 11.1. The molecule has 0 aliphatic heterocycles. The molecule has 0 saturated carbocycles. The summed E-state index contributed by atoms with van der Waals surface area (Å²) in [5, 5.41) is 3.51. The highest BCUT2D eigenvalue weighted by atomic mass is 14.9. The van der Waals surface area contributed by atoms with Crippen molar-refractivity contribution in [2.24, 2.45) is 0 Å². The fourth-order valence-electron chi connectivity index (χ4n) is 2.27. The second-order valence-electron chi connectivity index (χ2n) is 5.83. The number of hydrogen-bond acceptors (Lipinski definition) is 2. The first kappa shape index (κ1) is 14.6. The van der Waals surface area contributed by atoms with Gasteiger partial charge in [0.05, 0.1) is 12.2 Å². The highest BCUT2D eigenvalue weighted by Gasteiger charge is 2.09. The molecule has 20 heavy (non-hydrogen) atoms. The Labute approximate surface area is 122 Å². The molecule has 0 amide bonds. The van der Waals surface area contributed by atoms with Crippen LogP contribution in [0.15, 0.2) is 42.6 Å². The number of nitrogens with one attached hydrogen (secondary N) is 1. The van der Waals surface area contributed by atoms with Crippen LogP contribution in [0.2, 0.25) is 0 Å². The molecule has 0 fully saturated rings. The minimum atomic E-state index is 0.514. The van der Waals surface area contributed by atoms with Crippen molar-refractivity contribution in [2.75, 3.05) is 5.32 Å². The summed E-state index contributed by atoms with van der Waals surface area (Å²) in [6.07, 6.45) is 1.84. The highest BCUT2D eigenvalue weighted by molar-refractivity contribution is 5.54. The van der Waals surface area contributed by atoms with Crippen LogP contribution in [0.5, 0.6) is 0 Å². The van der Waals surface area contributed by atoms with Gasteiger partial charge in [-0.2, -0.15) is 0 Å². The third kappa shape index (κ3) is 3.60. The molecule has 0 spiro atoms. The van der Waals surface area contributed by atoms with Gasteiger partial charge in [0.25, 0.3) is 0 Å². The molecule has 0 saturated heterocycles. The smallest absolute Gasteiger partial charge is 0.0594 e. The Balaban J connectivity index is 2.18. The molecule has 2 aromatic rings. The Morgan fingerprint density at radius 2 is 1.80 bits per heavy atom. The first-order valence-electron chi connectivity index (χ1n) is 7.35. The Hall–Kier alpha value is -1.83. The molecule has 0 unspecified atom stereocenters. The highest BCUT2D eigenvalue weighted by Crippen LogP contribution is 2.28. The molecule has 1 aromatic carbocycles. The maximum Gasteiger partial charge on any atom is 0.0594 e. The number of rotatable bonds is 5. The predicted octanol–water partition coefficient (Wildman–Crippen LogP) is 4.94. The number of aromatic nitrogens is 1. The van der Waals surface area contributed by atoms with Gasteiger partial charge in [-0.1, -0.05) is 45.9 Å². The number of benzene rings is 1. The molecule has 0 aliphatic carbocycles. The van der Waals surface area contributed by atoms with E-state index in [0.29, 0.717) is 11.8 Å². The summed E-state index contributed by atoms with van der Waals surface area (Å²) >= 11 is 0. The Morgan fingerprint density at radius 3 is 2.40 bits per heavy atom. The van der Waals surface area contributed by atoms with Gasteiger partial charge in [-0.05, 0) is 41.2 Å². The van der Waals surface area contributed by atoms with Crippen LogP contribution in [0.25, 0.3) is 0 Å². The van der Waals surface area contributed by atoms with E-state index in [0.717, 1.165) is 12.2 Å². The van der Waals surface area contributed by atoms with Crippen molar-refractivity contribution < 1.29 is 0 Å². The van der Waals surface area contributed by atoms with Gasteiger partial charge in [0.15, 0.2) is 0 Å². The standard InChI is InChI=1S/C18H24N2/c1-13(2)15-8-9-18(17(11-15)14(3)4)20-12-16-7-5-6-10-19-16/h5-11,13-14,20H,12H2,1-4H3. The predicted molar refractivity (Wildman–Crippen MR) is 86.2 cm³/mol. The molecule has 1 heterocycles. The lowest BCUT2D eigenvalue weighted by Crippen LogP contribution is -2.05. The fraction of sp³-hybridized carbons (Fsp3) is 0.389. The second-order valence-corrected chi connectivity index (χ2v) is 5.83. The van der Waals surface area contributed by atoms with Gasteiger partial charge in [0.1, 0.15) is 0 Å². The SMILES string of the molecule is CC(C)c1ccc(NCc2ccccn2)c(C(C)C)c1. The van der Waals surface area contributed by atoms with Crippen LogP contribution in [0, 0.1) is 0 Å². The van der Waals surface area contributed by atoms with Crippen LogP contribution >= 0.6 is 0 Å². The van der Waals surface area contributed by atoms with Crippen molar-refractivity contribution in [2.45, 2.75) is 46.1 Å². The first-order valence-corrected chi connectivity index (χ1v) is 7.35. The summed E-state index contributed by atoms with van der Waals surface area (Å²) in [5.41, 5.74) is 5.06. The molecule has 0 aliphatic rings. The van der Waals surface area contributed by atoms with E-state index in [1.165, 1.54) is 16.8 Å². The van der Waals surface area contributed by atoms with Gasteiger partial charge in [0.2, 0.25) is 0 Å². The third-order valence-corrected chi connectivity index (χ3v) is 3.55. The molecule has 0 bridgehead atoms. The van der Waals surface area contributed by atoms with E-state index in [1.807, 2.05) is 24.4 Å². The number of anilines is 1. The van der Waals surface area contributed by atoms with Crippen LogP contribution in [-0.4, -0.2) is 4.98 Å². The van der Waals surface area contributed by atoms with Crippen molar-refractivity contribution in [3.8, 4) is 0 Å². The van der Waals surface area contributed by atoms with Gasteiger partial charge >= 0.3 is 0 Å². The molecular weight excluding hydrogens is 244 g/mol. The van der Waals surface area contributed by atoms with Gasteiger partial charge in [-0.15, -0.1) is 0 Å². The third-order valence-electron chi connectivity index (χ3n) is 3.55. The Kier molecular flexibility index (Phi) is 4.78. The molecular formula is C18H24N2. The molecule has 2 heteroatoms. The maximum absolute atomic E-state index is 4.35. The van der Waals surface area contributed by atoms with Crippen molar-refractivity contribution >= 4 is 5.69 Å². The Morgan fingerprint density at radius 1 is 1.00 bits per heavy atom. The molecule has 1 N–H and O–H groups in total. The van der Waals surface area contributed by atoms with Crippen LogP contribution in [0.1, 0.15) is 56.4 Å². The molecule has 106 valence electrons. The summed E-state index contributed by atoms with van der Waals surface area (Å²) in [6.45, 7) is 9.72. The van der Waals surface area contributed by atoms with Crippen LogP contribution < -0.4 is 5.32 Å². The molecule has 2 rings (SSSR count). The van der Waals surface area contributed by atoms with Crippen LogP contribution in [0.3, 0.4) is 0 Å². The van der Waals surface area contributed by atoms with E-state index in [1.54, 1.807) is 0 Å². The van der Waals surface area contributed by atoms with Crippen molar-refractivity contribution in [1.29, 1.82) is 0 Å². The lowest BCUT2D eigenvalue weighted by molar-refractivity contribution is 0.833. The Bertz CT molecular complexity index is 545. The van der Waals surface area contributed by atoms with Crippen molar-refractivity contribution in [3.05, 3.63) is 59.4 Å². The van der Waals surface area contributed by atoms with Gasteiger partial charge in [0, 0.05) is 11.9 Å².